The lowest BCUT2D eigenvalue weighted by Crippen LogP contribution is -2.34. The molecule has 0 aliphatic heterocycles. The zero-order valence-corrected chi connectivity index (χ0v) is 9.95. The zero-order chi connectivity index (χ0) is 11.3. The fraction of sp³-hybridized carbons (Fsp3) is 0.294. The van der Waals surface area contributed by atoms with Gasteiger partial charge in [0.05, 0.1) is 0 Å². The fourth-order valence-electron chi connectivity index (χ4n) is 3.63. The quantitative estimate of drug-likeness (QED) is 0.632. The second-order valence-electron chi connectivity index (χ2n) is 5.48. The van der Waals surface area contributed by atoms with E-state index in [0.29, 0.717) is 5.41 Å². The van der Waals surface area contributed by atoms with Gasteiger partial charge < -0.3 is 0 Å². The smallest absolute Gasteiger partial charge is 0.0209 e. The van der Waals surface area contributed by atoms with Crippen LogP contribution in [0.2, 0.25) is 0 Å². The largest absolute Gasteiger partial charge is 0.0617 e. The molecule has 0 amide bonds. The third-order valence-electron chi connectivity index (χ3n) is 4.64. The normalized spacial score (nSPS) is 19.3. The molecule has 0 unspecified atom stereocenters. The van der Waals surface area contributed by atoms with Crippen molar-refractivity contribution in [1.82, 2.24) is 0 Å². The van der Waals surface area contributed by atoms with Crippen LogP contribution < -0.4 is 0 Å². The van der Waals surface area contributed by atoms with Gasteiger partial charge in [-0.3, -0.25) is 0 Å². The number of fused-ring (bicyclic) bond motifs is 6. The van der Waals surface area contributed by atoms with E-state index in [1.807, 2.05) is 0 Å². The van der Waals surface area contributed by atoms with Crippen molar-refractivity contribution in [3.05, 3.63) is 70.8 Å². The molecule has 0 heterocycles. The Kier molecular flexibility index (Phi) is 1.80. The van der Waals surface area contributed by atoms with E-state index in [1.165, 1.54) is 47.9 Å². The average Bonchev–Trinajstić information content (AvgIpc) is 2.39. The van der Waals surface area contributed by atoms with Crippen LogP contribution in [0.5, 0.6) is 0 Å². The van der Waals surface area contributed by atoms with Gasteiger partial charge in [0.25, 0.3) is 0 Å². The minimum absolute atomic E-state index is 0.322. The molecule has 0 saturated heterocycles. The van der Waals surface area contributed by atoms with Crippen molar-refractivity contribution in [3.8, 4) is 0 Å². The first kappa shape index (κ1) is 9.47. The van der Waals surface area contributed by atoms with Gasteiger partial charge in [-0.15, -0.1) is 0 Å². The van der Waals surface area contributed by atoms with Crippen LogP contribution in [-0.2, 0) is 18.3 Å². The molecule has 0 saturated carbocycles. The van der Waals surface area contributed by atoms with Crippen LogP contribution in [0, 0.1) is 0 Å². The Hall–Kier alpha value is -1.56. The Balaban J connectivity index is 1.96. The maximum absolute atomic E-state index is 2.42. The molecule has 4 bridgehead atoms. The molecule has 0 fully saturated rings. The summed E-state index contributed by atoms with van der Waals surface area (Å²) in [6.07, 6.45) is 5.05. The van der Waals surface area contributed by atoms with Crippen molar-refractivity contribution in [2.45, 2.75) is 31.1 Å². The highest BCUT2D eigenvalue weighted by molar-refractivity contribution is 5.47. The predicted octanol–water partition coefficient (Wildman–Crippen LogP) is 3.87. The molecule has 2 aliphatic rings. The third-order valence-corrected chi connectivity index (χ3v) is 4.64. The molecule has 1 spiro atoms. The molecular formula is C17H16. The van der Waals surface area contributed by atoms with E-state index in [1.54, 1.807) is 0 Å². The molecule has 2 aromatic rings. The summed E-state index contributed by atoms with van der Waals surface area (Å²) < 4.78 is 0. The van der Waals surface area contributed by atoms with Gasteiger partial charge in [0.2, 0.25) is 0 Å². The summed E-state index contributed by atoms with van der Waals surface area (Å²) >= 11 is 0. The Morgan fingerprint density at radius 2 is 1.24 bits per heavy atom. The molecule has 0 N–H and O–H groups in total. The van der Waals surface area contributed by atoms with E-state index >= 15 is 0 Å². The molecule has 2 aliphatic carbocycles. The maximum atomic E-state index is 2.42. The van der Waals surface area contributed by atoms with Gasteiger partial charge in [-0.25, -0.2) is 0 Å². The van der Waals surface area contributed by atoms with E-state index in [9.17, 15) is 0 Å². The maximum Gasteiger partial charge on any atom is 0.0209 e. The van der Waals surface area contributed by atoms with Crippen LogP contribution in [0.25, 0.3) is 0 Å². The number of hydrogen-bond acceptors (Lipinski definition) is 0. The molecule has 2 aromatic carbocycles. The lowest BCUT2D eigenvalue weighted by molar-refractivity contribution is 0.414. The van der Waals surface area contributed by atoms with E-state index in [-0.39, 0.29) is 0 Å². The van der Waals surface area contributed by atoms with Gasteiger partial charge in [0.1, 0.15) is 0 Å². The molecular weight excluding hydrogens is 204 g/mol. The lowest BCUT2D eigenvalue weighted by atomic mass is 9.62. The summed E-state index contributed by atoms with van der Waals surface area (Å²) in [5, 5.41) is 0. The van der Waals surface area contributed by atoms with Crippen molar-refractivity contribution >= 4 is 0 Å². The summed E-state index contributed by atoms with van der Waals surface area (Å²) in [5.74, 6) is 0. The average molecular weight is 220 g/mol. The van der Waals surface area contributed by atoms with E-state index < -0.39 is 0 Å². The molecule has 84 valence electrons. The number of benzene rings is 2. The Morgan fingerprint density at radius 3 is 1.76 bits per heavy atom. The highest BCUT2D eigenvalue weighted by atomic mass is 14.4. The van der Waals surface area contributed by atoms with Gasteiger partial charge in [0, 0.05) is 5.41 Å². The minimum Gasteiger partial charge on any atom is -0.0617 e. The second-order valence-corrected chi connectivity index (χ2v) is 5.48. The standard InChI is InChI=1S/C17H16/c1-3-13-7-9-17(15(5-1)11-13)10-8-14-4-2-6-16(17)12-14/h1-6,11-12H,7-10H2. The van der Waals surface area contributed by atoms with Gasteiger partial charge >= 0.3 is 0 Å². The van der Waals surface area contributed by atoms with Crippen LogP contribution in [0.4, 0.5) is 0 Å². The SMILES string of the molecule is c1cc2cc(c1)C1(CC2)CCc2cccc1c2. The van der Waals surface area contributed by atoms with Gasteiger partial charge in [-0.1, -0.05) is 48.5 Å². The van der Waals surface area contributed by atoms with Crippen LogP contribution >= 0.6 is 0 Å². The summed E-state index contributed by atoms with van der Waals surface area (Å²) in [4.78, 5) is 0. The molecule has 0 heteroatoms. The van der Waals surface area contributed by atoms with Crippen molar-refractivity contribution in [2.75, 3.05) is 0 Å². The van der Waals surface area contributed by atoms with E-state index in [2.05, 4.69) is 48.5 Å². The van der Waals surface area contributed by atoms with Crippen LogP contribution in [-0.4, -0.2) is 0 Å². The van der Waals surface area contributed by atoms with Gasteiger partial charge in [0.15, 0.2) is 0 Å². The Bertz CT molecular complexity index is 527. The molecule has 0 nitrogen and oxygen atoms in total. The minimum atomic E-state index is 0.322. The van der Waals surface area contributed by atoms with Crippen molar-refractivity contribution < 1.29 is 0 Å². The number of hydrogen-bond donors (Lipinski definition) is 0. The number of aryl methyl sites for hydroxylation is 2. The van der Waals surface area contributed by atoms with E-state index in [4.69, 9.17) is 0 Å². The molecule has 17 heavy (non-hydrogen) atoms. The Labute approximate surface area is 102 Å². The highest BCUT2D eigenvalue weighted by Gasteiger charge is 2.38. The second kappa shape index (κ2) is 3.22. The third kappa shape index (κ3) is 1.24. The molecule has 0 atom stereocenters. The van der Waals surface area contributed by atoms with Crippen LogP contribution in [0.3, 0.4) is 0 Å². The first-order valence-electron chi connectivity index (χ1n) is 6.56. The Morgan fingerprint density at radius 1 is 0.706 bits per heavy atom. The topological polar surface area (TPSA) is 0 Å². The fourth-order valence-corrected chi connectivity index (χ4v) is 3.63. The van der Waals surface area contributed by atoms with Crippen molar-refractivity contribution in [2.24, 2.45) is 0 Å². The van der Waals surface area contributed by atoms with Crippen LogP contribution in [0.1, 0.15) is 35.1 Å². The first-order valence-corrected chi connectivity index (χ1v) is 6.56. The van der Waals surface area contributed by atoms with Crippen molar-refractivity contribution in [1.29, 1.82) is 0 Å². The molecule has 0 aromatic heterocycles. The monoisotopic (exact) mass is 220 g/mol. The van der Waals surface area contributed by atoms with Gasteiger partial charge in [-0.2, -0.15) is 0 Å². The number of rotatable bonds is 0. The first-order chi connectivity index (χ1) is 8.37. The summed E-state index contributed by atoms with van der Waals surface area (Å²) in [5.41, 5.74) is 6.42. The summed E-state index contributed by atoms with van der Waals surface area (Å²) in [6, 6.07) is 18.4. The lowest BCUT2D eigenvalue weighted by Gasteiger charge is -2.41. The zero-order valence-electron chi connectivity index (χ0n) is 9.95. The van der Waals surface area contributed by atoms with Crippen LogP contribution in [0.15, 0.2) is 48.5 Å². The van der Waals surface area contributed by atoms with Crippen molar-refractivity contribution in [3.63, 3.8) is 0 Å². The summed E-state index contributed by atoms with van der Waals surface area (Å²) in [7, 11) is 0. The van der Waals surface area contributed by atoms with Gasteiger partial charge in [-0.05, 0) is 47.9 Å². The predicted molar refractivity (Wildman–Crippen MR) is 70.3 cm³/mol. The molecule has 4 rings (SSSR count). The summed E-state index contributed by atoms with van der Waals surface area (Å²) in [6.45, 7) is 0. The van der Waals surface area contributed by atoms with E-state index in [0.717, 1.165) is 0 Å². The molecule has 0 radical (unpaired) electrons. The highest BCUT2D eigenvalue weighted by Crippen LogP contribution is 2.46.